The van der Waals surface area contributed by atoms with Crippen molar-refractivity contribution in [2.75, 3.05) is 5.32 Å². The molecule has 8 heteroatoms. The topological polar surface area (TPSA) is 102 Å². The second kappa shape index (κ2) is 5.47. The normalized spacial score (nSPS) is 12.5. The predicted molar refractivity (Wildman–Crippen MR) is 82.6 cm³/mol. The smallest absolute Gasteiger partial charge is 0.358 e. The van der Waals surface area contributed by atoms with E-state index in [4.69, 9.17) is 0 Å². The molecule has 0 radical (unpaired) electrons. The minimum Gasteiger partial charge on any atom is -0.358 e. The zero-order valence-electron chi connectivity index (χ0n) is 12.3. The minimum atomic E-state index is -0.492. The Bertz CT molecular complexity index is 789. The number of nitrogens with one attached hydrogen (secondary N) is 2. The first-order valence-electron chi connectivity index (χ1n) is 6.97. The van der Waals surface area contributed by atoms with Crippen LogP contribution in [0.3, 0.4) is 0 Å². The highest BCUT2D eigenvalue weighted by Crippen LogP contribution is 2.28. The van der Waals surface area contributed by atoms with E-state index in [0.29, 0.717) is 5.82 Å². The molecule has 114 valence electrons. The molecule has 3 rings (SSSR count). The first-order chi connectivity index (χ1) is 10.6. The number of imidazole rings is 2. The van der Waals surface area contributed by atoms with Crippen molar-refractivity contribution < 1.29 is 4.92 Å². The Balaban J connectivity index is 1.95. The van der Waals surface area contributed by atoms with E-state index in [0.717, 1.165) is 23.3 Å². The summed E-state index contributed by atoms with van der Waals surface area (Å²) >= 11 is 0. The fourth-order valence-corrected chi connectivity index (χ4v) is 2.38. The quantitative estimate of drug-likeness (QED) is 0.557. The largest absolute Gasteiger partial charge is 0.406 e. The van der Waals surface area contributed by atoms with E-state index in [2.05, 4.69) is 20.3 Å². The first kappa shape index (κ1) is 14.1. The summed E-state index contributed by atoms with van der Waals surface area (Å²) in [5.74, 6) is 0.938. The van der Waals surface area contributed by atoms with Crippen LogP contribution in [-0.4, -0.2) is 24.4 Å². The number of H-pyrrole nitrogens is 1. The van der Waals surface area contributed by atoms with Gasteiger partial charge in [-0.3, -0.25) is 4.57 Å². The summed E-state index contributed by atoms with van der Waals surface area (Å²) in [6.45, 7) is 1.99. The maximum absolute atomic E-state index is 11.0. The fourth-order valence-electron chi connectivity index (χ4n) is 2.38. The van der Waals surface area contributed by atoms with Crippen LogP contribution in [0.2, 0.25) is 0 Å². The lowest BCUT2D eigenvalue weighted by molar-refractivity contribution is -0.388. The molecule has 2 aromatic heterocycles. The van der Waals surface area contributed by atoms with E-state index < -0.39 is 4.92 Å². The zero-order chi connectivity index (χ0) is 15.7. The number of para-hydroxylation sites is 2. The van der Waals surface area contributed by atoms with Gasteiger partial charge < -0.3 is 20.4 Å². The van der Waals surface area contributed by atoms with Crippen molar-refractivity contribution in [1.29, 1.82) is 0 Å². The lowest BCUT2D eigenvalue weighted by atomic mass is 10.2. The van der Waals surface area contributed by atoms with Gasteiger partial charge in [0.05, 0.1) is 17.1 Å². The van der Waals surface area contributed by atoms with Crippen molar-refractivity contribution in [3.05, 3.63) is 46.5 Å². The van der Waals surface area contributed by atoms with Gasteiger partial charge in [-0.25, -0.2) is 4.98 Å². The van der Waals surface area contributed by atoms with Gasteiger partial charge in [-0.2, -0.15) is 0 Å². The molecule has 2 heterocycles. The van der Waals surface area contributed by atoms with E-state index in [1.54, 1.807) is 11.6 Å². The molecule has 0 aliphatic heterocycles. The molecular formula is C14H16N6O2. The van der Waals surface area contributed by atoms with Crippen LogP contribution in [0.15, 0.2) is 30.6 Å². The Hall–Kier alpha value is -2.90. The van der Waals surface area contributed by atoms with Gasteiger partial charge >= 0.3 is 5.82 Å². The van der Waals surface area contributed by atoms with Crippen LogP contribution in [0, 0.1) is 10.1 Å². The highest BCUT2D eigenvalue weighted by atomic mass is 16.6. The molecule has 1 aromatic carbocycles. The molecule has 22 heavy (non-hydrogen) atoms. The van der Waals surface area contributed by atoms with Gasteiger partial charge in [0.25, 0.3) is 0 Å². The molecule has 0 aliphatic carbocycles. The van der Waals surface area contributed by atoms with Crippen LogP contribution in [0.5, 0.6) is 0 Å². The molecule has 8 nitrogen and oxygen atoms in total. The van der Waals surface area contributed by atoms with Crippen LogP contribution in [0.25, 0.3) is 11.0 Å². The second-order valence-electron chi connectivity index (χ2n) is 5.03. The number of fused-ring (bicyclic) bond motifs is 1. The fraction of sp³-hybridized carbons (Fsp3) is 0.286. The van der Waals surface area contributed by atoms with Gasteiger partial charge in [-0.05, 0) is 28.5 Å². The molecule has 2 N–H and O–H groups in total. The average molecular weight is 300 g/mol. The van der Waals surface area contributed by atoms with Crippen molar-refractivity contribution in [2.45, 2.75) is 19.4 Å². The maximum Gasteiger partial charge on any atom is 0.406 e. The minimum absolute atomic E-state index is 0.165. The summed E-state index contributed by atoms with van der Waals surface area (Å²) in [6.07, 6.45) is 2.15. The monoisotopic (exact) mass is 300 g/mol. The molecule has 1 atom stereocenters. The third kappa shape index (κ3) is 2.39. The Morgan fingerprint density at radius 1 is 1.45 bits per heavy atom. The first-order valence-corrected chi connectivity index (χ1v) is 6.97. The van der Waals surface area contributed by atoms with E-state index >= 15 is 0 Å². The molecule has 0 spiro atoms. The van der Waals surface area contributed by atoms with E-state index in [1.807, 2.05) is 31.2 Å². The summed E-state index contributed by atoms with van der Waals surface area (Å²) < 4.78 is 1.60. The van der Waals surface area contributed by atoms with E-state index in [-0.39, 0.29) is 11.9 Å². The second-order valence-corrected chi connectivity index (χ2v) is 5.03. The summed E-state index contributed by atoms with van der Waals surface area (Å²) in [4.78, 5) is 22.2. The molecular weight excluding hydrogens is 284 g/mol. The Morgan fingerprint density at radius 2 is 2.23 bits per heavy atom. The number of rotatable bonds is 5. The Kier molecular flexibility index (Phi) is 3.50. The molecule has 0 saturated carbocycles. The molecule has 0 saturated heterocycles. The van der Waals surface area contributed by atoms with Crippen molar-refractivity contribution in [3.8, 4) is 0 Å². The number of aromatic nitrogens is 4. The zero-order valence-corrected chi connectivity index (χ0v) is 12.3. The molecule has 0 amide bonds. The standard InChI is InChI=1S/C14H16N6O2/c1-3-9(12-16-10-6-4-5-7-11(10)17-12)18-14-13(20(21)22)15-8-19(14)2/h4-9,18H,3H2,1-2H3,(H,16,17). The predicted octanol–water partition coefficient (Wildman–Crippen LogP) is 2.77. The van der Waals surface area contributed by atoms with Gasteiger partial charge in [0.1, 0.15) is 5.82 Å². The highest BCUT2D eigenvalue weighted by molar-refractivity contribution is 5.75. The maximum atomic E-state index is 11.0. The van der Waals surface area contributed by atoms with Crippen molar-refractivity contribution in [2.24, 2.45) is 7.05 Å². The third-order valence-corrected chi connectivity index (χ3v) is 3.55. The van der Waals surface area contributed by atoms with Crippen molar-refractivity contribution in [1.82, 2.24) is 19.5 Å². The van der Waals surface area contributed by atoms with Crippen LogP contribution >= 0.6 is 0 Å². The van der Waals surface area contributed by atoms with Crippen LogP contribution in [0.4, 0.5) is 11.6 Å². The van der Waals surface area contributed by atoms with Gasteiger partial charge in [-0.15, -0.1) is 0 Å². The SMILES string of the molecule is CCC(Nc1c([N+](=O)[O-])ncn1C)c1nc2ccccc2[nH]1. The summed E-state index contributed by atoms with van der Waals surface area (Å²) in [6, 6.07) is 7.57. The molecule has 0 bridgehead atoms. The summed E-state index contributed by atoms with van der Waals surface area (Å²) in [5.41, 5.74) is 1.81. The lowest BCUT2D eigenvalue weighted by Gasteiger charge is -2.15. The number of anilines is 1. The number of nitrogens with zero attached hydrogens (tertiary/aromatic N) is 4. The van der Waals surface area contributed by atoms with Crippen molar-refractivity contribution in [3.63, 3.8) is 0 Å². The number of aryl methyl sites for hydroxylation is 1. The summed E-state index contributed by atoms with van der Waals surface area (Å²) in [5, 5.41) is 14.2. The van der Waals surface area contributed by atoms with Gasteiger partial charge in [0.15, 0.2) is 0 Å². The van der Waals surface area contributed by atoms with Crippen molar-refractivity contribution >= 4 is 22.7 Å². The van der Waals surface area contributed by atoms with Crippen LogP contribution < -0.4 is 5.32 Å². The average Bonchev–Trinajstić information content (AvgIpc) is 3.08. The van der Waals surface area contributed by atoms with E-state index in [1.165, 1.54) is 6.33 Å². The molecule has 1 unspecified atom stereocenters. The van der Waals surface area contributed by atoms with E-state index in [9.17, 15) is 10.1 Å². The number of benzene rings is 1. The summed E-state index contributed by atoms with van der Waals surface area (Å²) in [7, 11) is 1.72. The Labute approximate surface area is 126 Å². The van der Waals surface area contributed by atoms with Gasteiger partial charge in [-0.1, -0.05) is 19.1 Å². The van der Waals surface area contributed by atoms with Crippen LogP contribution in [0.1, 0.15) is 25.2 Å². The molecule has 0 fully saturated rings. The third-order valence-electron chi connectivity index (χ3n) is 3.55. The highest BCUT2D eigenvalue weighted by Gasteiger charge is 2.24. The van der Waals surface area contributed by atoms with Gasteiger partial charge in [0, 0.05) is 7.05 Å². The number of nitro groups is 1. The molecule has 0 aliphatic rings. The number of aromatic amines is 1. The number of hydrogen-bond acceptors (Lipinski definition) is 5. The Morgan fingerprint density at radius 3 is 2.91 bits per heavy atom. The van der Waals surface area contributed by atoms with Gasteiger partial charge in [0.2, 0.25) is 12.1 Å². The number of hydrogen-bond donors (Lipinski definition) is 2. The van der Waals surface area contributed by atoms with Crippen LogP contribution in [-0.2, 0) is 7.05 Å². The lowest BCUT2D eigenvalue weighted by Crippen LogP contribution is -2.14. The molecule has 3 aromatic rings.